The van der Waals surface area contributed by atoms with Crippen LogP contribution in [0.5, 0.6) is 0 Å². The van der Waals surface area contributed by atoms with Gasteiger partial charge in [0, 0.05) is 19.6 Å². The van der Waals surface area contributed by atoms with Gasteiger partial charge in [0.05, 0.1) is 11.4 Å². The Balaban J connectivity index is 1.85. The number of nitrogens with one attached hydrogen (secondary N) is 1. The fourth-order valence-electron chi connectivity index (χ4n) is 2.93. The van der Waals surface area contributed by atoms with Crippen molar-refractivity contribution in [3.63, 3.8) is 0 Å². The van der Waals surface area contributed by atoms with Gasteiger partial charge in [0.15, 0.2) is 0 Å². The van der Waals surface area contributed by atoms with E-state index in [9.17, 15) is 0 Å². The molecule has 4 nitrogen and oxygen atoms in total. The molecule has 1 saturated heterocycles. The minimum absolute atomic E-state index is 0.456. The average Bonchev–Trinajstić information content (AvgIpc) is 2.85. The topological polar surface area (TPSA) is 33.1 Å². The van der Waals surface area contributed by atoms with Crippen molar-refractivity contribution in [1.82, 2.24) is 20.0 Å². The molecule has 0 radical (unpaired) electrons. The minimum atomic E-state index is 0.456. The summed E-state index contributed by atoms with van der Waals surface area (Å²) in [6.45, 7) is 12.2. The van der Waals surface area contributed by atoms with Crippen LogP contribution in [-0.4, -0.2) is 41.4 Å². The number of aryl methyl sites for hydroxylation is 2. The van der Waals surface area contributed by atoms with Crippen LogP contribution in [0.3, 0.4) is 0 Å². The highest BCUT2D eigenvalue weighted by Crippen LogP contribution is 2.29. The predicted molar refractivity (Wildman–Crippen MR) is 83.8 cm³/mol. The van der Waals surface area contributed by atoms with Crippen molar-refractivity contribution in [2.45, 2.75) is 53.1 Å². The SMILES string of the molecule is CCc1cc(CNCC2(C)CCN(C)CC2)n(CC)n1. The number of nitrogens with zero attached hydrogens (tertiary/aromatic N) is 3. The molecule has 0 aromatic carbocycles. The van der Waals surface area contributed by atoms with E-state index < -0.39 is 0 Å². The first-order valence-electron chi connectivity index (χ1n) is 8.01. The van der Waals surface area contributed by atoms with E-state index in [1.165, 1.54) is 37.3 Å². The molecule has 1 fully saturated rings. The van der Waals surface area contributed by atoms with Crippen LogP contribution < -0.4 is 5.32 Å². The highest BCUT2D eigenvalue weighted by molar-refractivity contribution is 5.10. The molecular formula is C16H30N4. The third kappa shape index (κ3) is 3.83. The molecule has 0 bridgehead atoms. The summed E-state index contributed by atoms with van der Waals surface area (Å²) in [5.41, 5.74) is 2.98. The van der Waals surface area contributed by atoms with Crippen LogP contribution >= 0.6 is 0 Å². The summed E-state index contributed by atoms with van der Waals surface area (Å²) in [5.74, 6) is 0. The van der Waals surface area contributed by atoms with Crippen LogP contribution in [0.4, 0.5) is 0 Å². The highest BCUT2D eigenvalue weighted by atomic mass is 15.3. The average molecular weight is 278 g/mol. The van der Waals surface area contributed by atoms with Crippen molar-refractivity contribution >= 4 is 0 Å². The van der Waals surface area contributed by atoms with Gasteiger partial charge < -0.3 is 10.2 Å². The first kappa shape index (κ1) is 15.5. The van der Waals surface area contributed by atoms with E-state index in [0.717, 1.165) is 26.1 Å². The number of hydrogen-bond acceptors (Lipinski definition) is 3. The third-order valence-corrected chi connectivity index (χ3v) is 4.63. The third-order valence-electron chi connectivity index (χ3n) is 4.63. The second-order valence-electron chi connectivity index (χ2n) is 6.51. The second-order valence-corrected chi connectivity index (χ2v) is 6.51. The van der Waals surface area contributed by atoms with E-state index in [1.54, 1.807) is 0 Å². The monoisotopic (exact) mass is 278 g/mol. The lowest BCUT2D eigenvalue weighted by Crippen LogP contribution is -2.42. The summed E-state index contributed by atoms with van der Waals surface area (Å²) in [5, 5.41) is 8.27. The van der Waals surface area contributed by atoms with Gasteiger partial charge in [-0.1, -0.05) is 13.8 Å². The zero-order valence-electron chi connectivity index (χ0n) is 13.6. The van der Waals surface area contributed by atoms with Gasteiger partial charge in [0.25, 0.3) is 0 Å². The van der Waals surface area contributed by atoms with E-state index in [0.29, 0.717) is 5.41 Å². The first-order chi connectivity index (χ1) is 9.56. The molecule has 0 saturated carbocycles. The van der Waals surface area contributed by atoms with Gasteiger partial charge in [-0.05, 0) is 57.8 Å². The van der Waals surface area contributed by atoms with E-state index in [1.807, 2.05) is 0 Å². The Hall–Kier alpha value is -0.870. The summed E-state index contributed by atoms with van der Waals surface area (Å²) in [4.78, 5) is 2.43. The predicted octanol–water partition coefficient (Wildman–Crippen LogP) is 2.29. The molecule has 1 aromatic heterocycles. The van der Waals surface area contributed by atoms with Gasteiger partial charge in [0.1, 0.15) is 0 Å². The largest absolute Gasteiger partial charge is 0.311 e. The lowest BCUT2D eigenvalue weighted by atomic mass is 9.80. The van der Waals surface area contributed by atoms with Crippen molar-refractivity contribution < 1.29 is 0 Å². The second kappa shape index (κ2) is 6.72. The maximum Gasteiger partial charge on any atom is 0.0625 e. The van der Waals surface area contributed by atoms with Crippen molar-refractivity contribution in [1.29, 1.82) is 0 Å². The van der Waals surface area contributed by atoms with Crippen molar-refractivity contribution in [3.8, 4) is 0 Å². The molecule has 1 aliphatic heterocycles. The van der Waals surface area contributed by atoms with Crippen LogP contribution in [0, 0.1) is 5.41 Å². The van der Waals surface area contributed by atoms with Gasteiger partial charge in [0.2, 0.25) is 0 Å². The Morgan fingerprint density at radius 1 is 1.30 bits per heavy atom. The molecule has 0 unspecified atom stereocenters. The molecular weight excluding hydrogens is 248 g/mol. The van der Waals surface area contributed by atoms with Gasteiger partial charge in [-0.3, -0.25) is 4.68 Å². The number of aromatic nitrogens is 2. The summed E-state index contributed by atoms with van der Waals surface area (Å²) in [6, 6.07) is 2.24. The van der Waals surface area contributed by atoms with Crippen LogP contribution in [0.2, 0.25) is 0 Å². The molecule has 114 valence electrons. The summed E-state index contributed by atoms with van der Waals surface area (Å²) in [7, 11) is 2.22. The first-order valence-corrected chi connectivity index (χ1v) is 8.01. The maximum atomic E-state index is 4.61. The quantitative estimate of drug-likeness (QED) is 0.866. The zero-order chi connectivity index (χ0) is 14.6. The lowest BCUT2D eigenvalue weighted by molar-refractivity contribution is 0.136. The Morgan fingerprint density at radius 3 is 2.60 bits per heavy atom. The Labute approximate surface area is 123 Å². The van der Waals surface area contributed by atoms with Crippen molar-refractivity contribution in [2.24, 2.45) is 5.41 Å². The molecule has 0 spiro atoms. The molecule has 1 aliphatic rings. The fraction of sp³-hybridized carbons (Fsp3) is 0.812. The molecule has 2 heterocycles. The highest BCUT2D eigenvalue weighted by Gasteiger charge is 2.28. The molecule has 0 aliphatic carbocycles. The van der Waals surface area contributed by atoms with Crippen molar-refractivity contribution in [3.05, 3.63) is 17.5 Å². The summed E-state index contributed by atoms with van der Waals surface area (Å²) >= 11 is 0. The molecule has 4 heteroatoms. The van der Waals surface area contributed by atoms with E-state index >= 15 is 0 Å². The molecule has 0 atom stereocenters. The molecule has 1 aromatic rings. The number of hydrogen-bond donors (Lipinski definition) is 1. The van der Waals surface area contributed by atoms with Gasteiger partial charge in [-0.25, -0.2) is 0 Å². The fourth-order valence-corrected chi connectivity index (χ4v) is 2.93. The zero-order valence-corrected chi connectivity index (χ0v) is 13.6. The lowest BCUT2D eigenvalue weighted by Gasteiger charge is -2.38. The number of likely N-dealkylation sites (tertiary alicyclic amines) is 1. The Morgan fingerprint density at radius 2 is 2.00 bits per heavy atom. The van der Waals surface area contributed by atoms with Gasteiger partial charge in [-0.15, -0.1) is 0 Å². The van der Waals surface area contributed by atoms with E-state index in [4.69, 9.17) is 0 Å². The number of piperidine rings is 1. The van der Waals surface area contributed by atoms with Crippen molar-refractivity contribution in [2.75, 3.05) is 26.7 Å². The maximum absolute atomic E-state index is 4.61. The Bertz CT molecular complexity index is 416. The standard InChI is InChI=1S/C16H30N4/c1-5-14-11-15(20(6-2)18-14)12-17-13-16(3)7-9-19(4)10-8-16/h11,17H,5-10,12-13H2,1-4H3. The number of rotatable bonds is 6. The van der Waals surface area contributed by atoms with Crippen LogP contribution in [0.15, 0.2) is 6.07 Å². The molecule has 0 amide bonds. The van der Waals surface area contributed by atoms with Crippen LogP contribution in [-0.2, 0) is 19.5 Å². The molecule has 2 rings (SSSR count). The summed E-state index contributed by atoms with van der Waals surface area (Å²) < 4.78 is 2.13. The van der Waals surface area contributed by atoms with Crippen LogP contribution in [0.25, 0.3) is 0 Å². The van der Waals surface area contributed by atoms with Crippen LogP contribution in [0.1, 0.15) is 45.0 Å². The smallest absolute Gasteiger partial charge is 0.0625 e. The normalized spacial score (nSPS) is 19.4. The molecule has 20 heavy (non-hydrogen) atoms. The van der Waals surface area contributed by atoms with Gasteiger partial charge >= 0.3 is 0 Å². The molecule has 1 N–H and O–H groups in total. The van der Waals surface area contributed by atoms with E-state index in [-0.39, 0.29) is 0 Å². The van der Waals surface area contributed by atoms with E-state index in [2.05, 4.69) is 53.9 Å². The Kier molecular flexibility index (Phi) is 5.22. The minimum Gasteiger partial charge on any atom is -0.311 e. The van der Waals surface area contributed by atoms with Gasteiger partial charge in [-0.2, -0.15) is 5.10 Å². The summed E-state index contributed by atoms with van der Waals surface area (Å²) in [6.07, 6.45) is 3.61.